The molecule has 0 heterocycles. The number of rotatable bonds is 10. The Morgan fingerprint density at radius 1 is 1.00 bits per heavy atom. The smallest absolute Gasteiger partial charge is 0.203 e. The molecule has 1 aromatic rings. The van der Waals surface area contributed by atoms with Crippen molar-refractivity contribution < 1.29 is 14.2 Å². The van der Waals surface area contributed by atoms with Crippen LogP contribution in [-0.2, 0) is 0 Å². The van der Waals surface area contributed by atoms with Gasteiger partial charge in [-0.15, -0.1) is 6.58 Å². The summed E-state index contributed by atoms with van der Waals surface area (Å²) >= 11 is 0. The molecule has 0 fully saturated rings. The van der Waals surface area contributed by atoms with E-state index in [9.17, 15) is 0 Å². The lowest BCUT2D eigenvalue weighted by molar-refractivity contribution is 0.324. The molecule has 0 aliphatic rings. The number of methoxy groups -OCH3 is 3. The van der Waals surface area contributed by atoms with Crippen molar-refractivity contribution in [2.24, 2.45) is 0 Å². The van der Waals surface area contributed by atoms with E-state index in [0.29, 0.717) is 17.2 Å². The topological polar surface area (TPSA) is 39.7 Å². The fourth-order valence-corrected chi connectivity index (χ4v) is 2.01. The van der Waals surface area contributed by atoms with Crippen LogP contribution < -0.4 is 19.5 Å². The summed E-state index contributed by atoms with van der Waals surface area (Å²) in [5, 5.41) is 3.38. The van der Waals surface area contributed by atoms with Crippen molar-refractivity contribution in [2.75, 3.05) is 33.2 Å². The Morgan fingerprint density at radius 3 is 2.15 bits per heavy atom. The molecule has 0 bridgehead atoms. The molecule has 4 nitrogen and oxygen atoms in total. The van der Waals surface area contributed by atoms with Gasteiger partial charge in [0.25, 0.3) is 0 Å². The molecule has 0 atom stereocenters. The van der Waals surface area contributed by atoms with Crippen molar-refractivity contribution in [3.8, 4) is 17.2 Å². The van der Waals surface area contributed by atoms with Crippen LogP contribution in [0.15, 0.2) is 24.8 Å². The predicted octanol–water partition coefficient (Wildman–Crippen LogP) is 3.87. The number of allylic oxidation sites excluding steroid dienone is 1. The summed E-state index contributed by atoms with van der Waals surface area (Å²) in [4.78, 5) is 0. The van der Waals surface area contributed by atoms with Crippen LogP contribution in [0.1, 0.15) is 25.7 Å². The van der Waals surface area contributed by atoms with Gasteiger partial charge in [0, 0.05) is 24.4 Å². The minimum atomic E-state index is 0.617. The van der Waals surface area contributed by atoms with E-state index in [0.717, 1.165) is 25.1 Å². The Morgan fingerprint density at radius 2 is 1.65 bits per heavy atom. The van der Waals surface area contributed by atoms with Gasteiger partial charge in [0.2, 0.25) is 5.75 Å². The second-order valence-electron chi connectivity index (χ2n) is 4.48. The van der Waals surface area contributed by atoms with Crippen LogP contribution in [0.3, 0.4) is 0 Å². The fourth-order valence-electron chi connectivity index (χ4n) is 2.01. The lowest BCUT2D eigenvalue weighted by Crippen LogP contribution is -2.03. The Labute approximate surface area is 121 Å². The summed E-state index contributed by atoms with van der Waals surface area (Å²) in [6.45, 7) is 4.65. The van der Waals surface area contributed by atoms with Gasteiger partial charge in [0.15, 0.2) is 11.5 Å². The van der Waals surface area contributed by atoms with Crippen molar-refractivity contribution in [2.45, 2.75) is 25.7 Å². The van der Waals surface area contributed by atoms with Crippen LogP contribution in [0, 0.1) is 0 Å². The van der Waals surface area contributed by atoms with Crippen LogP contribution in [0.2, 0.25) is 0 Å². The molecule has 0 saturated heterocycles. The van der Waals surface area contributed by atoms with Gasteiger partial charge in [-0.3, -0.25) is 0 Å². The number of nitrogens with one attached hydrogen (secondary N) is 1. The van der Waals surface area contributed by atoms with E-state index in [1.165, 1.54) is 12.8 Å². The van der Waals surface area contributed by atoms with Crippen LogP contribution in [-0.4, -0.2) is 27.9 Å². The quantitative estimate of drug-likeness (QED) is 0.521. The standard InChI is InChI=1S/C16H25NO3/c1-5-6-7-8-9-10-17-13-11-14(18-2)16(20-4)15(12-13)19-3/h5,11-12,17H,1,6-10H2,2-4H3. The number of hydrogen-bond donors (Lipinski definition) is 1. The second-order valence-corrected chi connectivity index (χ2v) is 4.48. The van der Waals surface area contributed by atoms with Crippen LogP contribution in [0.5, 0.6) is 17.2 Å². The molecule has 0 unspecified atom stereocenters. The van der Waals surface area contributed by atoms with E-state index in [1.807, 2.05) is 18.2 Å². The van der Waals surface area contributed by atoms with E-state index in [4.69, 9.17) is 14.2 Å². The highest BCUT2D eigenvalue weighted by molar-refractivity contribution is 5.62. The summed E-state index contributed by atoms with van der Waals surface area (Å²) in [7, 11) is 4.85. The molecule has 0 amide bonds. The molecular formula is C16H25NO3. The number of benzene rings is 1. The zero-order chi connectivity index (χ0) is 14.8. The Kier molecular flexibility index (Phi) is 7.40. The first-order valence-electron chi connectivity index (χ1n) is 6.91. The zero-order valence-electron chi connectivity index (χ0n) is 12.7. The van der Waals surface area contributed by atoms with Crippen LogP contribution in [0.25, 0.3) is 0 Å². The van der Waals surface area contributed by atoms with Crippen molar-refractivity contribution in [3.05, 3.63) is 24.8 Å². The molecule has 0 aliphatic heterocycles. The second kappa shape index (κ2) is 9.13. The minimum Gasteiger partial charge on any atom is -0.493 e. The molecule has 1 aromatic carbocycles. The summed E-state index contributed by atoms with van der Waals surface area (Å²) in [5.41, 5.74) is 0.975. The summed E-state index contributed by atoms with van der Waals surface area (Å²) in [6, 6.07) is 3.84. The lowest BCUT2D eigenvalue weighted by Gasteiger charge is -2.15. The first kappa shape index (κ1) is 16.2. The van der Waals surface area contributed by atoms with Gasteiger partial charge in [-0.2, -0.15) is 0 Å². The first-order chi connectivity index (χ1) is 9.76. The normalized spacial score (nSPS) is 9.95. The molecular weight excluding hydrogens is 254 g/mol. The highest BCUT2D eigenvalue weighted by Gasteiger charge is 2.12. The van der Waals surface area contributed by atoms with E-state index in [2.05, 4.69) is 11.9 Å². The molecule has 0 saturated carbocycles. The van der Waals surface area contributed by atoms with E-state index < -0.39 is 0 Å². The lowest BCUT2D eigenvalue weighted by atomic mass is 10.2. The maximum Gasteiger partial charge on any atom is 0.203 e. The largest absolute Gasteiger partial charge is 0.493 e. The maximum atomic E-state index is 5.32. The summed E-state index contributed by atoms with van der Waals surface area (Å²) < 4.78 is 15.9. The first-order valence-corrected chi connectivity index (χ1v) is 6.91. The van der Waals surface area contributed by atoms with Gasteiger partial charge in [0.1, 0.15) is 0 Å². The maximum absolute atomic E-state index is 5.32. The van der Waals surface area contributed by atoms with Crippen LogP contribution >= 0.6 is 0 Å². The van der Waals surface area contributed by atoms with Gasteiger partial charge in [0.05, 0.1) is 21.3 Å². The van der Waals surface area contributed by atoms with Crippen molar-refractivity contribution in [1.29, 1.82) is 0 Å². The Bertz CT molecular complexity index is 393. The zero-order valence-corrected chi connectivity index (χ0v) is 12.7. The SMILES string of the molecule is C=CCCCCCNc1cc(OC)c(OC)c(OC)c1. The Hall–Kier alpha value is -1.84. The molecule has 1 N–H and O–H groups in total. The highest BCUT2D eigenvalue weighted by Crippen LogP contribution is 2.39. The van der Waals surface area contributed by atoms with Crippen LogP contribution in [0.4, 0.5) is 5.69 Å². The summed E-state index contributed by atoms with van der Waals surface area (Å²) in [5.74, 6) is 1.95. The third kappa shape index (κ3) is 4.68. The molecule has 0 spiro atoms. The third-order valence-corrected chi connectivity index (χ3v) is 3.08. The monoisotopic (exact) mass is 279 g/mol. The minimum absolute atomic E-state index is 0.617. The summed E-state index contributed by atoms with van der Waals surface area (Å²) in [6.07, 6.45) is 6.57. The van der Waals surface area contributed by atoms with Crippen molar-refractivity contribution >= 4 is 5.69 Å². The van der Waals surface area contributed by atoms with Gasteiger partial charge < -0.3 is 19.5 Å². The molecule has 1 rings (SSSR count). The average molecular weight is 279 g/mol. The van der Waals surface area contributed by atoms with Crippen molar-refractivity contribution in [3.63, 3.8) is 0 Å². The molecule has 112 valence electrons. The molecule has 0 aromatic heterocycles. The van der Waals surface area contributed by atoms with Gasteiger partial charge >= 0.3 is 0 Å². The molecule has 20 heavy (non-hydrogen) atoms. The third-order valence-electron chi connectivity index (χ3n) is 3.08. The number of hydrogen-bond acceptors (Lipinski definition) is 4. The van der Waals surface area contributed by atoms with Gasteiger partial charge in [-0.25, -0.2) is 0 Å². The number of anilines is 1. The van der Waals surface area contributed by atoms with Crippen molar-refractivity contribution in [1.82, 2.24) is 0 Å². The highest BCUT2D eigenvalue weighted by atomic mass is 16.5. The van der Waals surface area contributed by atoms with Gasteiger partial charge in [-0.05, 0) is 19.3 Å². The predicted molar refractivity (Wildman–Crippen MR) is 83.3 cm³/mol. The van der Waals surface area contributed by atoms with E-state index in [1.54, 1.807) is 21.3 Å². The Balaban J connectivity index is 2.59. The fraction of sp³-hybridized carbons (Fsp3) is 0.500. The van der Waals surface area contributed by atoms with E-state index >= 15 is 0 Å². The molecule has 0 aliphatic carbocycles. The van der Waals surface area contributed by atoms with Gasteiger partial charge in [-0.1, -0.05) is 12.5 Å². The molecule has 4 heteroatoms. The van der Waals surface area contributed by atoms with E-state index in [-0.39, 0.29) is 0 Å². The number of ether oxygens (including phenoxy) is 3. The number of unbranched alkanes of at least 4 members (excludes halogenated alkanes) is 3. The molecule has 0 radical (unpaired) electrons. The average Bonchev–Trinajstić information content (AvgIpc) is 2.49.